The van der Waals surface area contributed by atoms with Gasteiger partial charge in [-0.1, -0.05) is 0 Å². The largest absolute Gasteiger partial charge is 0.376 e. The van der Waals surface area contributed by atoms with Crippen molar-refractivity contribution in [2.24, 2.45) is 0 Å². The van der Waals surface area contributed by atoms with Crippen molar-refractivity contribution in [2.45, 2.75) is 19.3 Å². The van der Waals surface area contributed by atoms with Crippen LogP contribution in [0.3, 0.4) is 0 Å². The minimum Gasteiger partial charge on any atom is -0.376 e. The maximum Gasteiger partial charge on any atom is 0.241 e. The third kappa shape index (κ3) is 3.35. The summed E-state index contributed by atoms with van der Waals surface area (Å²) in [7, 11) is 1.82. The van der Waals surface area contributed by atoms with E-state index in [2.05, 4.69) is 15.6 Å². The molecule has 5 nitrogen and oxygen atoms in total. The number of aromatic nitrogens is 1. The van der Waals surface area contributed by atoms with Gasteiger partial charge in [0, 0.05) is 38.1 Å². The molecule has 18 heavy (non-hydrogen) atoms. The van der Waals surface area contributed by atoms with E-state index in [-0.39, 0.29) is 5.91 Å². The average molecular weight is 248 g/mol. The van der Waals surface area contributed by atoms with Crippen molar-refractivity contribution in [1.82, 2.24) is 9.88 Å². The second kappa shape index (κ2) is 6.23. The van der Waals surface area contributed by atoms with E-state index in [1.807, 2.05) is 24.1 Å². The molecule has 2 heterocycles. The Labute approximate surface area is 108 Å². The lowest BCUT2D eigenvalue weighted by atomic mass is 10.1. The number of hydrogen-bond acceptors (Lipinski definition) is 4. The third-order valence-corrected chi connectivity index (χ3v) is 3.17. The molecule has 0 spiro atoms. The Balaban J connectivity index is 1.84. The highest BCUT2D eigenvalue weighted by molar-refractivity contribution is 5.81. The number of piperidine rings is 1. The highest BCUT2D eigenvalue weighted by Gasteiger charge is 2.15. The molecule has 1 aliphatic heterocycles. The summed E-state index contributed by atoms with van der Waals surface area (Å²) in [6.07, 6.45) is 5.22. The molecule has 0 saturated carbocycles. The van der Waals surface area contributed by atoms with Crippen molar-refractivity contribution in [2.75, 3.05) is 37.3 Å². The molecule has 98 valence electrons. The van der Waals surface area contributed by atoms with Crippen LogP contribution in [0.1, 0.15) is 19.3 Å². The predicted molar refractivity (Wildman–Crippen MR) is 72.7 cm³/mol. The molecule has 0 bridgehead atoms. The first-order valence-corrected chi connectivity index (χ1v) is 6.45. The fourth-order valence-electron chi connectivity index (χ4n) is 2.11. The van der Waals surface area contributed by atoms with E-state index < -0.39 is 0 Å². The first-order chi connectivity index (χ1) is 8.79. The van der Waals surface area contributed by atoms with Crippen molar-refractivity contribution in [1.29, 1.82) is 0 Å². The summed E-state index contributed by atoms with van der Waals surface area (Å²) in [5, 5.41) is 6.12. The molecular weight excluding hydrogens is 228 g/mol. The number of amides is 1. The molecule has 1 aromatic heterocycles. The summed E-state index contributed by atoms with van der Waals surface area (Å²) in [5.74, 6) is 0.975. The van der Waals surface area contributed by atoms with Crippen LogP contribution in [0.15, 0.2) is 18.3 Å². The quantitative estimate of drug-likeness (QED) is 0.848. The number of rotatable bonds is 4. The van der Waals surface area contributed by atoms with Gasteiger partial charge in [0.1, 0.15) is 5.82 Å². The molecule has 1 aromatic rings. The molecule has 0 radical (unpaired) electrons. The minimum absolute atomic E-state index is 0.178. The fraction of sp³-hybridized carbons (Fsp3) is 0.538. The molecule has 2 N–H and O–H groups in total. The van der Waals surface area contributed by atoms with Gasteiger partial charge in [-0.25, -0.2) is 4.98 Å². The van der Waals surface area contributed by atoms with Gasteiger partial charge in [-0.05, 0) is 25.3 Å². The van der Waals surface area contributed by atoms with Gasteiger partial charge in [-0.3, -0.25) is 4.79 Å². The summed E-state index contributed by atoms with van der Waals surface area (Å²) >= 11 is 0. The van der Waals surface area contributed by atoms with Gasteiger partial charge in [0.2, 0.25) is 5.91 Å². The highest BCUT2D eigenvalue weighted by Crippen LogP contribution is 2.12. The van der Waals surface area contributed by atoms with Crippen LogP contribution in [-0.2, 0) is 4.79 Å². The number of carbonyl (C=O) groups is 1. The zero-order valence-corrected chi connectivity index (χ0v) is 10.8. The molecule has 0 atom stereocenters. The van der Waals surface area contributed by atoms with E-state index in [9.17, 15) is 4.79 Å². The Kier molecular flexibility index (Phi) is 4.39. The van der Waals surface area contributed by atoms with E-state index in [0.29, 0.717) is 6.54 Å². The van der Waals surface area contributed by atoms with Gasteiger partial charge in [0.25, 0.3) is 0 Å². The van der Waals surface area contributed by atoms with E-state index in [0.717, 1.165) is 37.4 Å². The maximum atomic E-state index is 12.0. The van der Waals surface area contributed by atoms with Crippen LogP contribution in [0, 0.1) is 0 Å². The number of carbonyl (C=O) groups excluding carboxylic acids is 1. The smallest absolute Gasteiger partial charge is 0.241 e. The average Bonchev–Trinajstić information content (AvgIpc) is 2.46. The van der Waals surface area contributed by atoms with E-state index in [4.69, 9.17) is 0 Å². The van der Waals surface area contributed by atoms with Crippen LogP contribution in [-0.4, -0.2) is 42.5 Å². The number of likely N-dealkylation sites (tertiary alicyclic amines) is 1. The second-order valence-electron chi connectivity index (χ2n) is 4.47. The topological polar surface area (TPSA) is 57.3 Å². The molecule has 1 saturated heterocycles. The highest BCUT2D eigenvalue weighted by atomic mass is 16.2. The fourth-order valence-corrected chi connectivity index (χ4v) is 2.11. The Morgan fingerprint density at radius 2 is 2.17 bits per heavy atom. The maximum absolute atomic E-state index is 12.0. The van der Waals surface area contributed by atoms with Crippen molar-refractivity contribution >= 4 is 17.4 Å². The number of nitrogens with one attached hydrogen (secondary N) is 2. The summed E-state index contributed by atoms with van der Waals surface area (Å²) in [6, 6.07) is 3.76. The molecule has 2 rings (SSSR count). The lowest BCUT2D eigenvalue weighted by Crippen LogP contribution is -2.39. The molecular formula is C13H20N4O. The number of anilines is 2. The van der Waals surface area contributed by atoms with Gasteiger partial charge in [-0.15, -0.1) is 0 Å². The van der Waals surface area contributed by atoms with Crippen LogP contribution in [0.25, 0.3) is 0 Å². The van der Waals surface area contributed by atoms with Gasteiger partial charge in [0.05, 0.1) is 6.54 Å². The predicted octanol–water partition coefficient (Wildman–Crippen LogP) is 1.55. The molecule has 5 heteroatoms. The molecule has 0 aliphatic carbocycles. The van der Waals surface area contributed by atoms with Crippen LogP contribution < -0.4 is 10.6 Å². The van der Waals surface area contributed by atoms with Crippen molar-refractivity contribution in [3.05, 3.63) is 18.3 Å². The Morgan fingerprint density at radius 3 is 2.89 bits per heavy atom. The van der Waals surface area contributed by atoms with Crippen molar-refractivity contribution in [3.8, 4) is 0 Å². The molecule has 0 unspecified atom stereocenters. The lowest BCUT2D eigenvalue weighted by molar-refractivity contribution is -0.130. The number of pyridine rings is 1. The molecule has 1 aliphatic rings. The minimum atomic E-state index is 0.178. The Bertz CT molecular complexity index is 402. The standard InChI is InChI=1S/C13H20N4O/c1-14-12-9-11(5-6-15-12)16-10-13(18)17-7-3-2-4-8-17/h5-6,9H,2-4,7-8,10H2,1H3,(H2,14,15,16). The number of hydrogen-bond donors (Lipinski definition) is 2. The molecule has 0 aromatic carbocycles. The Hall–Kier alpha value is -1.78. The third-order valence-electron chi connectivity index (χ3n) is 3.17. The summed E-state index contributed by atoms with van der Waals surface area (Å²) in [5.41, 5.74) is 0.916. The summed E-state index contributed by atoms with van der Waals surface area (Å²) < 4.78 is 0. The SMILES string of the molecule is CNc1cc(NCC(=O)N2CCCCC2)ccn1. The normalized spacial score (nSPS) is 15.3. The van der Waals surface area contributed by atoms with E-state index in [1.54, 1.807) is 6.20 Å². The van der Waals surface area contributed by atoms with Crippen LogP contribution in [0.2, 0.25) is 0 Å². The Morgan fingerprint density at radius 1 is 1.39 bits per heavy atom. The molecule has 1 fully saturated rings. The van der Waals surface area contributed by atoms with Crippen molar-refractivity contribution in [3.63, 3.8) is 0 Å². The van der Waals surface area contributed by atoms with Gasteiger partial charge in [0.15, 0.2) is 0 Å². The first-order valence-electron chi connectivity index (χ1n) is 6.45. The zero-order valence-electron chi connectivity index (χ0n) is 10.8. The lowest BCUT2D eigenvalue weighted by Gasteiger charge is -2.26. The second-order valence-corrected chi connectivity index (χ2v) is 4.47. The summed E-state index contributed by atoms with van der Waals surface area (Å²) in [6.45, 7) is 2.16. The van der Waals surface area contributed by atoms with Gasteiger partial charge in [-0.2, -0.15) is 0 Å². The van der Waals surface area contributed by atoms with Crippen LogP contribution in [0.4, 0.5) is 11.5 Å². The van der Waals surface area contributed by atoms with Crippen LogP contribution in [0.5, 0.6) is 0 Å². The zero-order chi connectivity index (χ0) is 12.8. The van der Waals surface area contributed by atoms with Crippen molar-refractivity contribution < 1.29 is 4.79 Å². The molecule has 1 amide bonds. The summed E-state index contributed by atoms with van der Waals surface area (Å²) in [4.78, 5) is 18.0. The monoisotopic (exact) mass is 248 g/mol. The van der Waals surface area contributed by atoms with E-state index >= 15 is 0 Å². The van der Waals surface area contributed by atoms with E-state index in [1.165, 1.54) is 6.42 Å². The first kappa shape index (κ1) is 12.7. The van der Waals surface area contributed by atoms with Crippen LogP contribution >= 0.6 is 0 Å². The van der Waals surface area contributed by atoms with Gasteiger partial charge < -0.3 is 15.5 Å². The number of nitrogens with zero attached hydrogens (tertiary/aromatic N) is 2. The van der Waals surface area contributed by atoms with Gasteiger partial charge >= 0.3 is 0 Å².